The zero-order valence-electron chi connectivity index (χ0n) is 15.5. The Morgan fingerprint density at radius 2 is 1.96 bits per heavy atom. The lowest BCUT2D eigenvalue weighted by atomic mass is 9.98. The van der Waals surface area contributed by atoms with E-state index in [4.69, 9.17) is 4.74 Å². The zero-order chi connectivity index (χ0) is 18.9. The molecule has 0 radical (unpaired) electrons. The molecule has 0 aliphatic heterocycles. The van der Waals surface area contributed by atoms with Crippen molar-refractivity contribution in [3.63, 3.8) is 0 Å². The van der Waals surface area contributed by atoms with Crippen molar-refractivity contribution in [3.05, 3.63) is 53.8 Å². The first-order valence-corrected chi connectivity index (χ1v) is 9.08. The molecule has 1 aliphatic carbocycles. The molecule has 1 N–H and O–H groups in total. The summed E-state index contributed by atoms with van der Waals surface area (Å²) in [6.07, 6.45) is 2.50. The fourth-order valence-corrected chi connectivity index (χ4v) is 3.40. The first-order chi connectivity index (χ1) is 12.3. The van der Waals surface area contributed by atoms with Crippen LogP contribution in [0.25, 0.3) is 11.1 Å². The Hall–Kier alpha value is -2.36. The molecule has 3 nitrogen and oxygen atoms in total. The number of rotatable bonds is 7. The van der Waals surface area contributed by atoms with Gasteiger partial charge in [-0.05, 0) is 75.3 Å². The lowest BCUT2D eigenvalue weighted by molar-refractivity contribution is -0.143. The third-order valence-corrected chi connectivity index (χ3v) is 5.26. The molecule has 1 aliphatic rings. The van der Waals surface area contributed by atoms with Gasteiger partial charge in [0.25, 0.3) is 0 Å². The Morgan fingerprint density at radius 1 is 1.27 bits per heavy atom. The molecule has 4 heteroatoms. The molecular weight excluding hydrogens is 331 g/mol. The van der Waals surface area contributed by atoms with Gasteiger partial charge >= 0.3 is 5.97 Å². The first kappa shape index (κ1) is 18.4. The second-order valence-electron chi connectivity index (χ2n) is 7.67. The van der Waals surface area contributed by atoms with Gasteiger partial charge < -0.3 is 9.84 Å². The van der Waals surface area contributed by atoms with Crippen molar-refractivity contribution >= 4 is 5.97 Å². The summed E-state index contributed by atoms with van der Waals surface area (Å²) < 4.78 is 19.9. The Morgan fingerprint density at radius 3 is 2.54 bits per heavy atom. The van der Waals surface area contributed by atoms with Crippen LogP contribution in [-0.2, 0) is 11.2 Å². The maximum atomic E-state index is 14.2. The molecule has 1 fully saturated rings. The van der Waals surface area contributed by atoms with Crippen LogP contribution in [-0.4, -0.2) is 17.2 Å². The largest absolute Gasteiger partial charge is 0.491 e. The topological polar surface area (TPSA) is 46.5 Å². The molecule has 2 unspecified atom stereocenters. The second-order valence-corrected chi connectivity index (χ2v) is 7.67. The first-order valence-electron chi connectivity index (χ1n) is 9.08. The highest BCUT2D eigenvalue weighted by Gasteiger charge is 2.55. The van der Waals surface area contributed by atoms with Crippen molar-refractivity contribution < 1.29 is 19.0 Å². The van der Waals surface area contributed by atoms with Crippen LogP contribution < -0.4 is 4.74 Å². The van der Waals surface area contributed by atoms with Crippen molar-refractivity contribution in [1.29, 1.82) is 0 Å². The standard InChI is InChI=1S/C22H25FO3/c1-14(2)26-18-10-11-20(23)19(12-18)16-7-4-15(5-8-16)6-9-17-13-22(17,3)21(24)25/h4-5,7-8,10-12,14,17H,6,9,13H2,1-3H3,(H,24,25). The van der Waals surface area contributed by atoms with Crippen LogP contribution in [0.4, 0.5) is 4.39 Å². The minimum atomic E-state index is -0.697. The molecule has 0 bridgehead atoms. The van der Waals surface area contributed by atoms with E-state index in [1.807, 2.05) is 45.0 Å². The molecule has 2 atom stereocenters. The van der Waals surface area contributed by atoms with E-state index in [9.17, 15) is 14.3 Å². The third kappa shape index (κ3) is 3.90. The summed E-state index contributed by atoms with van der Waals surface area (Å²) in [6.45, 7) is 5.69. The van der Waals surface area contributed by atoms with E-state index in [1.165, 1.54) is 6.07 Å². The van der Waals surface area contributed by atoms with Gasteiger partial charge in [-0.3, -0.25) is 4.79 Å². The number of hydrogen-bond acceptors (Lipinski definition) is 2. The van der Waals surface area contributed by atoms with Crippen LogP contribution in [0.1, 0.15) is 39.2 Å². The van der Waals surface area contributed by atoms with Gasteiger partial charge in [0.15, 0.2) is 0 Å². The Kier molecular flexibility index (Phi) is 5.03. The van der Waals surface area contributed by atoms with Gasteiger partial charge in [-0.2, -0.15) is 0 Å². The van der Waals surface area contributed by atoms with Crippen molar-refractivity contribution in [3.8, 4) is 16.9 Å². The van der Waals surface area contributed by atoms with E-state index >= 15 is 0 Å². The van der Waals surface area contributed by atoms with Gasteiger partial charge in [-0.15, -0.1) is 0 Å². The molecule has 1 saturated carbocycles. The highest BCUT2D eigenvalue weighted by Crippen LogP contribution is 2.54. The second kappa shape index (κ2) is 7.10. The monoisotopic (exact) mass is 356 g/mol. The van der Waals surface area contributed by atoms with E-state index in [0.29, 0.717) is 11.3 Å². The van der Waals surface area contributed by atoms with E-state index in [-0.39, 0.29) is 17.8 Å². The number of ether oxygens (including phenoxy) is 1. The highest BCUT2D eigenvalue weighted by molar-refractivity contribution is 5.78. The molecule has 0 aromatic heterocycles. The van der Waals surface area contributed by atoms with Crippen LogP contribution in [0.3, 0.4) is 0 Å². The van der Waals surface area contributed by atoms with Crippen molar-refractivity contribution in [2.75, 3.05) is 0 Å². The van der Waals surface area contributed by atoms with Gasteiger partial charge in [0.1, 0.15) is 11.6 Å². The Bertz CT molecular complexity index is 798. The number of hydrogen-bond donors (Lipinski definition) is 1. The average molecular weight is 356 g/mol. The predicted octanol–water partition coefficient (Wildman–Crippen LogP) is 5.32. The van der Waals surface area contributed by atoms with Crippen LogP contribution in [0.5, 0.6) is 5.75 Å². The number of halogens is 1. The number of carboxylic acid groups (broad SMARTS) is 1. The molecule has 0 amide bonds. The molecule has 2 aromatic rings. The fraction of sp³-hybridized carbons (Fsp3) is 0.409. The van der Waals surface area contributed by atoms with Gasteiger partial charge in [-0.1, -0.05) is 24.3 Å². The summed E-state index contributed by atoms with van der Waals surface area (Å²) in [5, 5.41) is 9.20. The normalized spacial score (nSPS) is 21.7. The average Bonchev–Trinajstić information content (AvgIpc) is 3.27. The lowest BCUT2D eigenvalue weighted by Crippen LogP contribution is -2.13. The zero-order valence-corrected chi connectivity index (χ0v) is 15.5. The summed E-state index contributed by atoms with van der Waals surface area (Å²) in [4.78, 5) is 11.2. The number of carbonyl (C=O) groups is 1. The fourth-order valence-electron chi connectivity index (χ4n) is 3.40. The highest BCUT2D eigenvalue weighted by atomic mass is 19.1. The predicted molar refractivity (Wildman–Crippen MR) is 99.8 cm³/mol. The van der Waals surface area contributed by atoms with Crippen molar-refractivity contribution in [2.45, 2.75) is 46.1 Å². The van der Waals surface area contributed by atoms with Gasteiger partial charge in [-0.25, -0.2) is 4.39 Å². The van der Waals surface area contributed by atoms with Crippen LogP contribution in [0.15, 0.2) is 42.5 Å². The summed E-state index contributed by atoms with van der Waals surface area (Å²) in [5.74, 6) is -0.0648. The molecule has 26 heavy (non-hydrogen) atoms. The molecule has 2 aromatic carbocycles. The molecular formula is C22H25FO3. The summed E-state index contributed by atoms with van der Waals surface area (Å²) in [7, 11) is 0. The lowest BCUT2D eigenvalue weighted by Gasteiger charge is -2.12. The van der Waals surface area contributed by atoms with E-state index in [2.05, 4.69) is 0 Å². The minimum Gasteiger partial charge on any atom is -0.491 e. The van der Waals surface area contributed by atoms with Crippen molar-refractivity contribution in [1.82, 2.24) is 0 Å². The quantitative estimate of drug-likeness (QED) is 0.730. The van der Waals surface area contributed by atoms with Crippen LogP contribution in [0, 0.1) is 17.2 Å². The molecule has 0 spiro atoms. The molecule has 3 rings (SSSR count). The van der Waals surface area contributed by atoms with Gasteiger partial charge in [0, 0.05) is 5.56 Å². The van der Waals surface area contributed by atoms with Gasteiger partial charge in [0.2, 0.25) is 0 Å². The number of benzene rings is 2. The maximum absolute atomic E-state index is 14.2. The number of aliphatic carboxylic acids is 1. The summed E-state index contributed by atoms with van der Waals surface area (Å²) >= 11 is 0. The Balaban J connectivity index is 1.67. The number of carboxylic acids is 1. The maximum Gasteiger partial charge on any atom is 0.309 e. The Labute approximate surface area is 153 Å². The number of aryl methyl sites for hydroxylation is 1. The molecule has 138 valence electrons. The molecule has 0 heterocycles. The summed E-state index contributed by atoms with van der Waals surface area (Å²) in [6, 6.07) is 12.6. The third-order valence-electron chi connectivity index (χ3n) is 5.26. The van der Waals surface area contributed by atoms with Crippen molar-refractivity contribution in [2.24, 2.45) is 11.3 Å². The van der Waals surface area contributed by atoms with Crippen LogP contribution >= 0.6 is 0 Å². The van der Waals surface area contributed by atoms with Crippen LogP contribution in [0.2, 0.25) is 0 Å². The SMILES string of the molecule is CC(C)Oc1ccc(F)c(-c2ccc(CCC3CC3(C)C(=O)O)cc2)c1. The van der Waals surface area contributed by atoms with E-state index < -0.39 is 11.4 Å². The van der Waals surface area contributed by atoms with Gasteiger partial charge in [0.05, 0.1) is 11.5 Å². The van der Waals surface area contributed by atoms with E-state index in [0.717, 1.165) is 30.4 Å². The summed E-state index contributed by atoms with van der Waals surface area (Å²) in [5.41, 5.74) is 1.93. The molecule has 0 saturated heterocycles. The minimum absolute atomic E-state index is 0.0367. The smallest absolute Gasteiger partial charge is 0.309 e. The van der Waals surface area contributed by atoms with E-state index in [1.54, 1.807) is 12.1 Å².